The van der Waals surface area contributed by atoms with E-state index in [2.05, 4.69) is 55.5 Å². The third kappa shape index (κ3) is 4.86. The minimum atomic E-state index is 0.316. The first-order chi connectivity index (χ1) is 16.1. The normalized spacial score (nSPS) is 14.0. The van der Waals surface area contributed by atoms with E-state index < -0.39 is 0 Å². The van der Waals surface area contributed by atoms with Gasteiger partial charge in [0.05, 0.1) is 18.4 Å². The highest BCUT2D eigenvalue weighted by atomic mass is 16.5. The number of ether oxygens (including phenoxy) is 1. The predicted octanol–water partition coefficient (Wildman–Crippen LogP) is 3.08. The highest BCUT2D eigenvalue weighted by Crippen LogP contribution is 2.28. The molecule has 33 heavy (non-hydrogen) atoms. The molecule has 4 rings (SSSR count). The molecule has 0 saturated carbocycles. The van der Waals surface area contributed by atoms with Gasteiger partial charge < -0.3 is 20.3 Å². The number of guanidine groups is 1. The van der Waals surface area contributed by atoms with Crippen molar-refractivity contribution in [3.8, 4) is 23.2 Å². The van der Waals surface area contributed by atoms with Crippen molar-refractivity contribution < 1.29 is 4.74 Å². The van der Waals surface area contributed by atoms with Crippen molar-refractivity contribution in [2.45, 2.75) is 6.92 Å². The third-order valence-electron chi connectivity index (χ3n) is 5.44. The number of aromatic nitrogens is 2. The summed E-state index contributed by atoms with van der Waals surface area (Å²) in [5.74, 6) is 0.811. The van der Waals surface area contributed by atoms with Crippen molar-refractivity contribution in [2.24, 2.45) is 10.1 Å². The molecule has 1 aromatic carbocycles. The molecule has 3 aromatic rings. The fourth-order valence-corrected chi connectivity index (χ4v) is 3.76. The van der Waals surface area contributed by atoms with Crippen LogP contribution in [0.3, 0.4) is 0 Å². The summed E-state index contributed by atoms with van der Waals surface area (Å²) in [6, 6.07) is 15.8. The zero-order chi connectivity index (χ0) is 23.2. The molecule has 0 unspecified atom stereocenters. The molecule has 1 fully saturated rings. The van der Waals surface area contributed by atoms with Crippen LogP contribution in [-0.2, 0) is 0 Å². The number of aliphatic imine (C=N–C) groups is 1. The fourth-order valence-electron chi connectivity index (χ4n) is 3.76. The van der Waals surface area contributed by atoms with Gasteiger partial charge in [0.15, 0.2) is 0 Å². The van der Waals surface area contributed by atoms with Gasteiger partial charge in [-0.05, 0) is 50.0 Å². The molecule has 3 heterocycles. The number of aryl methyl sites for hydroxylation is 1. The van der Waals surface area contributed by atoms with E-state index >= 15 is 0 Å². The SMILES string of the molecule is C=N/C(=N\n1c(C)cc(C#N)c1-c1ccc(OC)nc1)Nc1ccc(N2CCNCC2)cc1. The molecule has 0 aliphatic carbocycles. The molecular weight excluding hydrogens is 416 g/mol. The van der Waals surface area contributed by atoms with Crippen molar-refractivity contribution in [2.75, 3.05) is 43.5 Å². The molecule has 168 valence electrons. The lowest BCUT2D eigenvalue weighted by molar-refractivity contribution is 0.398. The highest BCUT2D eigenvalue weighted by Gasteiger charge is 2.16. The van der Waals surface area contributed by atoms with Gasteiger partial charge in [0.1, 0.15) is 6.07 Å². The zero-order valence-corrected chi connectivity index (χ0v) is 18.7. The van der Waals surface area contributed by atoms with Gasteiger partial charge in [-0.25, -0.2) is 14.7 Å². The highest BCUT2D eigenvalue weighted by molar-refractivity contribution is 5.96. The van der Waals surface area contributed by atoms with Crippen molar-refractivity contribution >= 4 is 24.1 Å². The van der Waals surface area contributed by atoms with E-state index in [4.69, 9.17) is 4.74 Å². The lowest BCUT2D eigenvalue weighted by Gasteiger charge is -2.29. The molecule has 0 bridgehead atoms. The molecule has 1 saturated heterocycles. The Morgan fingerprint density at radius 2 is 1.97 bits per heavy atom. The van der Waals surface area contributed by atoms with E-state index in [0.717, 1.165) is 43.1 Å². The fraction of sp³-hybridized carbons (Fsp3) is 0.250. The maximum absolute atomic E-state index is 9.66. The van der Waals surface area contributed by atoms with Gasteiger partial charge in [-0.1, -0.05) is 0 Å². The van der Waals surface area contributed by atoms with E-state index in [-0.39, 0.29) is 0 Å². The summed E-state index contributed by atoms with van der Waals surface area (Å²) in [5, 5.41) is 20.9. The Morgan fingerprint density at radius 1 is 1.21 bits per heavy atom. The first kappa shape index (κ1) is 22.0. The first-order valence-electron chi connectivity index (χ1n) is 10.6. The molecule has 9 heteroatoms. The van der Waals surface area contributed by atoms with Gasteiger partial charge in [0, 0.05) is 61.1 Å². The largest absolute Gasteiger partial charge is 0.481 e. The Balaban J connectivity index is 1.62. The average molecular weight is 443 g/mol. The molecule has 1 aliphatic rings. The topological polar surface area (TPSA) is 103 Å². The van der Waals surface area contributed by atoms with Crippen LogP contribution in [-0.4, -0.2) is 55.6 Å². The number of hydrogen-bond acceptors (Lipinski definition) is 6. The van der Waals surface area contributed by atoms with Crippen molar-refractivity contribution in [3.05, 3.63) is 59.9 Å². The smallest absolute Gasteiger partial charge is 0.244 e. The van der Waals surface area contributed by atoms with Crippen LogP contribution in [0.25, 0.3) is 11.3 Å². The molecule has 0 radical (unpaired) electrons. The monoisotopic (exact) mass is 442 g/mol. The molecule has 9 nitrogen and oxygen atoms in total. The summed E-state index contributed by atoms with van der Waals surface area (Å²) in [4.78, 5) is 10.7. The van der Waals surface area contributed by atoms with Crippen LogP contribution in [0.1, 0.15) is 11.3 Å². The number of hydrogen-bond donors (Lipinski definition) is 2. The number of nitrogens with one attached hydrogen (secondary N) is 2. The summed E-state index contributed by atoms with van der Waals surface area (Å²) < 4.78 is 6.82. The number of piperazine rings is 1. The van der Waals surface area contributed by atoms with Gasteiger partial charge in [0.2, 0.25) is 11.8 Å². The van der Waals surface area contributed by atoms with Crippen molar-refractivity contribution in [1.82, 2.24) is 15.0 Å². The second-order valence-corrected chi connectivity index (χ2v) is 7.55. The van der Waals surface area contributed by atoms with Crippen LogP contribution in [0.5, 0.6) is 5.88 Å². The Hall–Kier alpha value is -4.16. The number of rotatable bonds is 5. The number of methoxy groups -OCH3 is 1. The summed E-state index contributed by atoms with van der Waals surface area (Å²) in [7, 11) is 1.56. The summed E-state index contributed by atoms with van der Waals surface area (Å²) in [5.41, 5.74) is 4.68. The second-order valence-electron chi connectivity index (χ2n) is 7.55. The molecule has 2 aromatic heterocycles. The zero-order valence-electron chi connectivity index (χ0n) is 18.7. The third-order valence-corrected chi connectivity index (χ3v) is 5.44. The number of nitriles is 1. The van der Waals surface area contributed by atoms with Gasteiger partial charge >= 0.3 is 0 Å². The van der Waals surface area contributed by atoms with E-state index in [0.29, 0.717) is 23.1 Å². The maximum Gasteiger partial charge on any atom is 0.244 e. The van der Waals surface area contributed by atoms with Gasteiger partial charge in [-0.15, -0.1) is 5.10 Å². The molecule has 0 atom stereocenters. The Kier molecular flexibility index (Phi) is 6.66. The van der Waals surface area contributed by atoms with Crippen molar-refractivity contribution in [3.63, 3.8) is 0 Å². The van der Waals surface area contributed by atoms with E-state index in [1.165, 1.54) is 5.69 Å². The van der Waals surface area contributed by atoms with Crippen LogP contribution in [0, 0.1) is 18.3 Å². The summed E-state index contributed by atoms with van der Waals surface area (Å²) in [6.07, 6.45) is 1.66. The van der Waals surface area contributed by atoms with Gasteiger partial charge in [-0.3, -0.25) is 0 Å². The first-order valence-corrected chi connectivity index (χ1v) is 10.6. The summed E-state index contributed by atoms with van der Waals surface area (Å²) >= 11 is 0. The van der Waals surface area contributed by atoms with E-state index in [1.54, 1.807) is 30.1 Å². The lowest BCUT2D eigenvalue weighted by atomic mass is 10.1. The predicted molar refractivity (Wildman–Crippen MR) is 131 cm³/mol. The van der Waals surface area contributed by atoms with Crippen LogP contribution in [0.2, 0.25) is 0 Å². The van der Waals surface area contributed by atoms with Crippen LogP contribution < -0.4 is 20.3 Å². The number of pyridine rings is 1. The Labute approximate surface area is 193 Å². The number of anilines is 2. The summed E-state index contributed by atoms with van der Waals surface area (Å²) in [6.45, 7) is 9.51. The van der Waals surface area contributed by atoms with Crippen molar-refractivity contribution in [1.29, 1.82) is 5.26 Å². The van der Waals surface area contributed by atoms with Gasteiger partial charge in [-0.2, -0.15) is 5.26 Å². The lowest BCUT2D eigenvalue weighted by Crippen LogP contribution is -2.43. The van der Waals surface area contributed by atoms with Crippen LogP contribution in [0.15, 0.2) is 58.8 Å². The minimum absolute atomic E-state index is 0.316. The molecule has 0 spiro atoms. The number of nitrogens with zero attached hydrogens (tertiary/aromatic N) is 6. The molecule has 2 N–H and O–H groups in total. The minimum Gasteiger partial charge on any atom is -0.481 e. The maximum atomic E-state index is 9.66. The number of benzene rings is 1. The van der Waals surface area contributed by atoms with Gasteiger partial charge in [0.25, 0.3) is 0 Å². The quantitative estimate of drug-likeness (QED) is 0.465. The Morgan fingerprint density at radius 3 is 2.58 bits per heavy atom. The average Bonchev–Trinajstić information content (AvgIpc) is 3.19. The molecular formula is C24H26N8O. The van der Waals surface area contributed by atoms with Crippen LogP contribution in [0.4, 0.5) is 11.4 Å². The standard InChI is InChI=1S/C24H26N8O/c1-17-14-19(15-25)23(18-4-9-22(33-3)28-16-18)32(17)30-24(26-2)29-20-5-7-21(8-6-20)31-12-10-27-11-13-31/h4-9,14,16,27H,2,10-13H2,1,3H3,(H,29,30). The molecule has 1 aliphatic heterocycles. The van der Waals surface area contributed by atoms with E-state index in [1.807, 2.05) is 25.1 Å². The Bertz CT molecular complexity index is 1180. The van der Waals surface area contributed by atoms with Crippen LogP contribution >= 0.6 is 0 Å². The second kappa shape index (κ2) is 9.97. The molecule has 0 amide bonds. The van der Waals surface area contributed by atoms with E-state index in [9.17, 15) is 5.26 Å².